The standard InChI is InChI=1S/C11H17N3O/c15-11(10-7-13-14-8-10)12-6-5-9-3-1-2-4-9/h7-9H,1-6H2,(H,12,15)(H,13,14). The van der Waals surface area contributed by atoms with Crippen LogP contribution in [0.1, 0.15) is 42.5 Å². The number of carbonyl (C=O) groups is 1. The van der Waals surface area contributed by atoms with E-state index >= 15 is 0 Å². The van der Waals surface area contributed by atoms with Gasteiger partial charge in [-0.2, -0.15) is 5.10 Å². The normalized spacial score (nSPS) is 16.8. The molecular formula is C11H17N3O. The monoisotopic (exact) mass is 207 g/mol. The van der Waals surface area contributed by atoms with Crippen LogP contribution in [0.2, 0.25) is 0 Å². The van der Waals surface area contributed by atoms with E-state index < -0.39 is 0 Å². The number of rotatable bonds is 4. The van der Waals surface area contributed by atoms with Gasteiger partial charge < -0.3 is 5.32 Å². The minimum Gasteiger partial charge on any atom is -0.352 e. The first kappa shape index (κ1) is 10.2. The lowest BCUT2D eigenvalue weighted by Crippen LogP contribution is -2.25. The van der Waals surface area contributed by atoms with Gasteiger partial charge in [0.25, 0.3) is 5.91 Å². The van der Waals surface area contributed by atoms with E-state index in [0.29, 0.717) is 5.56 Å². The first-order chi connectivity index (χ1) is 7.36. The molecule has 1 aliphatic rings. The Labute approximate surface area is 89.5 Å². The molecule has 0 saturated heterocycles. The average Bonchev–Trinajstić information content (AvgIpc) is 2.90. The Kier molecular flexibility index (Phi) is 3.37. The van der Waals surface area contributed by atoms with E-state index in [4.69, 9.17) is 0 Å². The van der Waals surface area contributed by atoms with Crippen LogP contribution >= 0.6 is 0 Å². The maximum atomic E-state index is 11.5. The highest BCUT2D eigenvalue weighted by Gasteiger charge is 2.14. The molecule has 2 N–H and O–H groups in total. The molecule has 0 bridgehead atoms. The van der Waals surface area contributed by atoms with Crippen LogP contribution in [0.3, 0.4) is 0 Å². The molecule has 0 aromatic carbocycles. The van der Waals surface area contributed by atoms with Crippen molar-refractivity contribution in [3.8, 4) is 0 Å². The van der Waals surface area contributed by atoms with Gasteiger partial charge in [-0.25, -0.2) is 0 Å². The van der Waals surface area contributed by atoms with Gasteiger partial charge in [0.15, 0.2) is 0 Å². The van der Waals surface area contributed by atoms with E-state index in [1.165, 1.54) is 25.7 Å². The lowest BCUT2D eigenvalue weighted by molar-refractivity contribution is 0.0951. The van der Waals surface area contributed by atoms with E-state index in [2.05, 4.69) is 15.5 Å². The Balaban J connectivity index is 1.67. The zero-order chi connectivity index (χ0) is 10.5. The van der Waals surface area contributed by atoms with Crippen LogP contribution in [0.4, 0.5) is 0 Å². The molecule has 1 saturated carbocycles. The third-order valence-corrected chi connectivity index (χ3v) is 3.07. The van der Waals surface area contributed by atoms with Crippen molar-refractivity contribution in [3.05, 3.63) is 18.0 Å². The number of aromatic nitrogens is 2. The van der Waals surface area contributed by atoms with E-state index in [9.17, 15) is 4.79 Å². The van der Waals surface area contributed by atoms with E-state index in [1.54, 1.807) is 12.4 Å². The van der Waals surface area contributed by atoms with Gasteiger partial charge >= 0.3 is 0 Å². The highest BCUT2D eigenvalue weighted by atomic mass is 16.1. The number of hydrogen-bond donors (Lipinski definition) is 2. The molecule has 0 atom stereocenters. The van der Waals surface area contributed by atoms with Gasteiger partial charge in [0.1, 0.15) is 0 Å². The van der Waals surface area contributed by atoms with Crippen LogP contribution in [0, 0.1) is 5.92 Å². The fraction of sp³-hybridized carbons (Fsp3) is 0.636. The van der Waals surface area contributed by atoms with Crippen LogP contribution in [0.25, 0.3) is 0 Å². The third-order valence-electron chi connectivity index (χ3n) is 3.07. The molecule has 4 heteroatoms. The van der Waals surface area contributed by atoms with Gasteiger partial charge in [0.05, 0.1) is 11.8 Å². The first-order valence-corrected chi connectivity index (χ1v) is 5.63. The number of nitrogens with one attached hydrogen (secondary N) is 2. The van der Waals surface area contributed by atoms with Gasteiger partial charge in [0, 0.05) is 12.7 Å². The summed E-state index contributed by atoms with van der Waals surface area (Å²) < 4.78 is 0. The summed E-state index contributed by atoms with van der Waals surface area (Å²) in [4.78, 5) is 11.5. The number of hydrogen-bond acceptors (Lipinski definition) is 2. The Morgan fingerprint density at radius 3 is 3.00 bits per heavy atom. The summed E-state index contributed by atoms with van der Waals surface area (Å²) in [6.07, 6.45) is 9.67. The predicted molar refractivity (Wildman–Crippen MR) is 57.5 cm³/mol. The molecule has 1 fully saturated rings. The van der Waals surface area contributed by atoms with Crippen molar-refractivity contribution in [2.75, 3.05) is 6.54 Å². The molecule has 1 aromatic rings. The second-order valence-corrected chi connectivity index (χ2v) is 4.18. The number of nitrogens with zero attached hydrogens (tertiary/aromatic N) is 1. The first-order valence-electron chi connectivity index (χ1n) is 5.63. The van der Waals surface area contributed by atoms with E-state index in [1.807, 2.05) is 0 Å². The average molecular weight is 207 g/mol. The van der Waals surface area contributed by atoms with Gasteiger partial charge in [-0.05, 0) is 12.3 Å². The number of amides is 1. The quantitative estimate of drug-likeness (QED) is 0.789. The third kappa shape index (κ3) is 2.81. The summed E-state index contributed by atoms with van der Waals surface area (Å²) in [5, 5.41) is 9.29. The van der Waals surface area contributed by atoms with Crippen molar-refractivity contribution in [2.45, 2.75) is 32.1 Å². The summed E-state index contributed by atoms with van der Waals surface area (Å²) in [5.74, 6) is 0.802. The van der Waals surface area contributed by atoms with Gasteiger partial charge in [-0.15, -0.1) is 0 Å². The van der Waals surface area contributed by atoms with Crippen LogP contribution in [0.5, 0.6) is 0 Å². The van der Waals surface area contributed by atoms with Crippen molar-refractivity contribution in [1.29, 1.82) is 0 Å². The zero-order valence-electron chi connectivity index (χ0n) is 8.83. The fourth-order valence-electron chi connectivity index (χ4n) is 2.17. The summed E-state index contributed by atoms with van der Waals surface area (Å²) in [6.45, 7) is 0.786. The molecular weight excluding hydrogens is 190 g/mol. The van der Waals surface area contributed by atoms with Crippen LogP contribution in [0.15, 0.2) is 12.4 Å². The van der Waals surface area contributed by atoms with Crippen molar-refractivity contribution >= 4 is 5.91 Å². The molecule has 0 radical (unpaired) electrons. The molecule has 0 aliphatic heterocycles. The molecule has 0 unspecified atom stereocenters. The Hall–Kier alpha value is -1.32. The van der Waals surface area contributed by atoms with Gasteiger partial charge in [-0.3, -0.25) is 9.89 Å². The summed E-state index contributed by atoms with van der Waals surface area (Å²) in [5.41, 5.74) is 0.612. The zero-order valence-corrected chi connectivity index (χ0v) is 8.83. The second kappa shape index (κ2) is 4.96. The van der Waals surface area contributed by atoms with E-state index in [-0.39, 0.29) is 5.91 Å². The molecule has 15 heavy (non-hydrogen) atoms. The number of aromatic amines is 1. The summed E-state index contributed by atoms with van der Waals surface area (Å²) >= 11 is 0. The lowest BCUT2D eigenvalue weighted by atomic mass is 10.0. The molecule has 1 heterocycles. The van der Waals surface area contributed by atoms with Gasteiger partial charge in [-0.1, -0.05) is 25.7 Å². The minimum absolute atomic E-state index is 0.0262. The Morgan fingerprint density at radius 2 is 2.33 bits per heavy atom. The maximum Gasteiger partial charge on any atom is 0.254 e. The lowest BCUT2D eigenvalue weighted by Gasteiger charge is -2.08. The number of carbonyl (C=O) groups excluding carboxylic acids is 1. The predicted octanol–water partition coefficient (Wildman–Crippen LogP) is 1.72. The highest BCUT2D eigenvalue weighted by molar-refractivity contribution is 5.93. The van der Waals surface area contributed by atoms with Crippen molar-refractivity contribution in [2.24, 2.45) is 5.92 Å². The van der Waals surface area contributed by atoms with Crippen molar-refractivity contribution in [1.82, 2.24) is 15.5 Å². The minimum atomic E-state index is -0.0262. The Morgan fingerprint density at radius 1 is 1.53 bits per heavy atom. The smallest absolute Gasteiger partial charge is 0.254 e. The van der Waals surface area contributed by atoms with Crippen LogP contribution < -0.4 is 5.32 Å². The molecule has 1 aromatic heterocycles. The fourth-order valence-corrected chi connectivity index (χ4v) is 2.17. The summed E-state index contributed by atoms with van der Waals surface area (Å²) in [7, 11) is 0. The van der Waals surface area contributed by atoms with Crippen LogP contribution in [-0.2, 0) is 0 Å². The molecule has 82 valence electrons. The van der Waals surface area contributed by atoms with Gasteiger partial charge in [0.2, 0.25) is 0 Å². The summed E-state index contributed by atoms with van der Waals surface area (Å²) in [6, 6.07) is 0. The molecule has 0 spiro atoms. The van der Waals surface area contributed by atoms with Crippen LogP contribution in [-0.4, -0.2) is 22.6 Å². The molecule has 2 rings (SSSR count). The Bertz CT molecular complexity index is 302. The molecule has 1 aliphatic carbocycles. The highest BCUT2D eigenvalue weighted by Crippen LogP contribution is 2.26. The van der Waals surface area contributed by atoms with Crippen molar-refractivity contribution < 1.29 is 4.79 Å². The van der Waals surface area contributed by atoms with E-state index in [0.717, 1.165) is 18.9 Å². The second-order valence-electron chi connectivity index (χ2n) is 4.18. The molecule has 1 amide bonds. The van der Waals surface area contributed by atoms with Crippen molar-refractivity contribution in [3.63, 3.8) is 0 Å². The SMILES string of the molecule is O=C(NCCC1CCCC1)c1cn[nH]c1. The molecule has 4 nitrogen and oxygen atoms in total. The number of H-pyrrole nitrogens is 1. The largest absolute Gasteiger partial charge is 0.352 e. The maximum absolute atomic E-state index is 11.5. The topological polar surface area (TPSA) is 57.8 Å².